The number of thioether (sulfide) groups is 2. The second-order valence-corrected chi connectivity index (χ2v) is 13.7. The third-order valence-corrected chi connectivity index (χ3v) is 11.1. The number of carboxylic acids is 1. The number of carboxylic acid groups (broad SMARTS) is 1. The minimum atomic E-state index is -1.49. The molecule has 4 amide bonds. The number of aromatic amines is 1. The molecule has 0 radical (unpaired) electrons. The summed E-state index contributed by atoms with van der Waals surface area (Å²) in [5.41, 5.74) is 5.64. The molecular formula is C26H28N11NaO6S3. The van der Waals surface area contributed by atoms with Gasteiger partial charge in [0.1, 0.15) is 22.1 Å². The Labute approximate surface area is 301 Å². The smallest absolute Gasteiger partial charge is 0.543 e. The Morgan fingerprint density at radius 1 is 1.26 bits per heavy atom. The monoisotopic (exact) mass is 709 g/mol. The van der Waals surface area contributed by atoms with Crippen molar-refractivity contribution in [3.63, 3.8) is 0 Å². The van der Waals surface area contributed by atoms with Gasteiger partial charge in [-0.05, 0) is 45.9 Å². The van der Waals surface area contributed by atoms with Gasteiger partial charge in [0.05, 0.1) is 24.3 Å². The minimum absolute atomic E-state index is 0. The number of hydrogen-bond donors (Lipinski definition) is 4. The third-order valence-electron chi connectivity index (χ3n) is 7.73. The zero-order chi connectivity index (χ0) is 32.5. The fourth-order valence-electron chi connectivity index (χ4n) is 5.55. The minimum Gasteiger partial charge on any atom is -0.543 e. The summed E-state index contributed by atoms with van der Waals surface area (Å²) < 4.78 is 1.45. The van der Waals surface area contributed by atoms with Gasteiger partial charge in [0, 0.05) is 24.6 Å². The summed E-state index contributed by atoms with van der Waals surface area (Å²) >= 11 is 3.65. The van der Waals surface area contributed by atoms with Crippen molar-refractivity contribution in [1.29, 1.82) is 0 Å². The van der Waals surface area contributed by atoms with Gasteiger partial charge in [0.2, 0.25) is 17.0 Å². The van der Waals surface area contributed by atoms with Gasteiger partial charge in [-0.2, -0.15) is 0 Å². The van der Waals surface area contributed by atoms with Gasteiger partial charge in [0.15, 0.2) is 0 Å². The van der Waals surface area contributed by atoms with Crippen molar-refractivity contribution >= 4 is 75.3 Å². The number of nitrogens with two attached hydrogens (primary N) is 1. The maximum absolute atomic E-state index is 13.2. The van der Waals surface area contributed by atoms with Crippen LogP contribution in [0.2, 0.25) is 0 Å². The molecule has 0 aromatic carbocycles. The largest absolute Gasteiger partial charge is 1.00 e. The van der Waals surface area contributed by atoms with Gasteiger partial charge in [-0.25, -0.2) is 19.4 Å². The predicted molar refractivity (Wildman–Crippen MR) is 167 cm³/mol. The van der Waals surface area contributed by atoms with Crippen LogP contribution in [-0.4, -0.2) is 87.9 Å². The van der Waals surface area contributed by atoms with E-state index in [0.717, 1.165) is 46.8 Å². The van der Waals surface area contributed by atoms with E-state index in [1.807, 2.05) is 0 Å². The molecule has 5 N–H and O–H groups in total. The number of fused-ring (bicyclic) bond motifs is 1. The maximum atomic E-state index is 13.2. The van der Waals surface area contributed by atoms with Crippen molar-refractivity contribution in [2.45, 2.75) is 54.7 Å². The van der Waals surface area contributed by atoms with Crippen molar-refractivity contribution in [3.8, 4) is 0 Å². The summed E-state index contributed by atoms with van der Waals surface area (Å²) in [5.74, 6) is -1.80. The second kappa shape index (κ2) is 14.8. The van der Waals surface area contributed by atoms with Crippen LogP contribution in [-0.2, 0) is 27.9 Å². The van der Waals surface area contributed by atoms with E-state index in [4.69, 9.17) is 5.73 Å². The summed E-state index contributed by atoms with van der Waals surface area (Å²) in [7, 11) is 1.65. The molecule has 0 bridgehead atoms. The first-order valence-corrected chi connectivity index (χ1v) is 17.1. The predicted octanol–water partition coefficient (Wildman–Crippen LogP) is -3.33. The van der Waals surface area contributed by atoms with Crippen molar-refractivity contribution in [3.05, 3.63) is 44.8 Å². The standard InChI is InChI=1S/C26H29N11O6S3.Na/c1-35-26(32-33-34-35)46-11-13-10-45-22-17(20(40)37(22)18(13)23(41)42)30-16(38)8-12-6-7-44-21(12)36(24(27)43)15-9-28-25(31-19(15)39)29-14-4-2-3-5-14;/h6-7,9,14,17,22H,2-5,8,10-11H2,1H3,(H2,27,43)(H,30,38)(H,41,42)(H2,28,29,31,39);/q;+1/p-1/t17?,22-;/m0./s1. The number of tetrazole rings is 1. The van der Waals surface area contributed by atoms with Gasteiger partial charge in [-0.15, -0.1) is 28.2 Å². The number of nitrogens with one attached hydrogen (secondary N) is 3. The van der Waals surface area contributed by atoms with Gasteiger partial charge in [-0.3, -0.25) is 24.3 Å². The summed E-state index contributed by atoms with van der Waals surface area (Å²) in [6, 6.07) is -0.0831. The summed E-state index contributed by atoms with van der Waals surface area (Å²) in [5, 5.41) is 30.9. The third kappa shape index (κ3) is 7.21. The van der Waals surface area contributed by atoms with E-state index < -0.39 is 40.8 Å². The molecule has 47 heavy (non-hydrogen) atoms. The molecular weight excluding hydrogens is 682 g/mol. The Kier molecular flexibility index (Phi) is 11.0. The number of thiophene rings is 1. The van der Waals surface area contributed by atoms with E-state index in [1.165, 1.54) is 34.4 Å². The number of anilines is 3. The van der Waals surface area contributed by atoms with Gasteiger partial charge < -0.3 is 26.3 Å². The molecule has 5 heterocycles. The van der Waals surface area contributed by atoms with Crippen molar-refractivity contribution in [1.82, 2.24) is 40.4 Å². The number of amides is 4. The molecule has 3 aromatic heterocycles. The summed E-state index contributed by atoms with van der Waals surface area (Å²) in [6.45, 7) is 0. The molecule has 17 nitrogen and oxygen atoms in total. The van der Waals surface area contributed by atoms with Crippen LogP contribution in [0.25, 0.3) is 0 Å². The van der Waals surface area contributed by atoms with E-state index in [2.05, 4.69) is 36.1 Å². The van der Waals surface area contributed by atoms with E-state index in [0.29, 0.717) is 28.0 Å². The number of nitrogens with zero attached hydrogens (tertiary/aromatic N) is 7. The SMILES string of the molecule is Cn1nnnc1SCC1=C(C(=O)[O-])N2C(=O)C(NC(=O)Cc3ccsc3N(C(N)=O)c3cnc(NC4CCCC4)[nH]c3=O)[C@@H]2SC1.[Na+]. The number of urea groups is 1. The molecule has 1 unspecified atom stereocenters. The van der Waals surface area contributed by atoms with Crippen LogP contribution < -0.4 is 61.5 Å². The van der Waals surface area contributed by atoms with Gasteiger partial charge >= 0.3 is 35.6 Å². The molecule has 2 aliphatic heterocycles. The first kappa shape index (κ1) is 34.9. The molecule has 0 spiro atoms. The molecule has 1 aliphatic carbocycles. The Morgan fingerprint density at radius 2 is 2.02 bits per heavy atom. The zero-order valence-electron chi connectivity index (χ0n) is 25.3. The summed E-state index contributed by atoms with van der Waals surface area (Å²) in [4.78, 5) is 73.0. The number of carbonyl (C=O) groups is 4. The van der Waals surface area contributed by atoms with E-state index in [1.54, 1.807) is 18.5 Å². The van der Waals surface area contributed by atoms with Crippen LogP contribution in [0.5, 0.6) is 0 Å². The fraction of sp³-hybridized carbons (Fsp3) is 0.423. The number of aliphatic carboxylic acids is 1. The Bertz CT molecular complexity index is 1790. The first-order valence-electron chi connectivity index (χ1n) is 14.2. The molecule has 3 aliphatic rings. The molecule has 21 heteroatoms. The number of rotatable bonds is 11. The maximum Gasteiger partial charge on any atom is 1.00 e. The van der Waals surface area contributed by atoms with Crippen LogP contribution in [0.15, 0.2) is 38.9 Å². The number of hydrogen-bond acceptors (Lipinski definition) is 14. The quantitative estimate of drug-likeness (QED) is 0.0867. The van der Waals surface area contributed by atoms with E-state index in [9.17, 15) is 29.1 Å². The summed E-state index contributed by atoms with van der Waals surface area (Å²) in [6.07, 6.45) is 5.15. The first-order chi connectivity index (χ1) is 22.1. The molecule has 2 atom stereocenters. The normalized spacial score (nSPS) is 19.1. The topological polar surface area (TPSA) is 237 Å². The second-order valence-electron chi connectivity index (χ2n) is 10.7. The average Bonchev–Trinajstić information content (AvgIpc) is 3.79. The Morgan fingerprint density at radius 3 is 2.68 bits per heavy atom. The number of carbonyl (C=O) groups excluding carboxylic acids is 4. The molecule has 2 fully saturated rings. The molecule has 3 aromatic rings. The number of β-lactam (4-membered cyclic amide) rings is 1. The fourth-order valence-corrected chi connectivity index (χ4v) is 8.83. The van der Waals surface area contributed by atoms with E-state index in [-0.39, 0.29) is 64.2 Å². The van der Waals surface area contributed by atoms with Crippen LogP contribution >= 0.6 is 34.9 Å². The number of aromatic nitrogens is 6. The van der Waals surface area contributed by atoms with Gasteiger partial charge in [0.25, 0.3) is 11.5 Å². The van der Waals surface area contributed by atoms with Crippen LogP contribution in [0.3, 0.4) is 0 Å². The molecule has 1 saturated carbocycles. The average molecular weight is 710 g/mol. The van der Waals surface area contributed by atoms with Crippen molar-refractivity contribution < 1.29 is 53.8 Å². The Hall–Kier alpha value is -3.43. The molecule has 1 saturated heterocycles. The number of aryl methyl sites for hydroxylation is 1. The van der Waals surface area contributed by atoms with Crippen molar-refractivity contribution in [2.75, 3.05) is 21.7 Å². The zero-order valence-corrected chi connectivity index (χ0v) is 29.7. The van der Waals surface area contributed by atoms with E-state index >= 15 is 0 Å². The number of H-pyrrole nitrogens is 1. The molecule has 6 rings (SSSR count). The molecule has 242 valence electrons. The Balaban J connectivity index is 0.00000433. The van der Waals surface area contributed by atoms with Crippen LogP contribution in [0.1, 0.15) is 31.2 Å². The van der Waals surface area contributed by atoms with Crippen LogP contribution in [0.4, 0.5) is 21.4 Å². The van der Waals surface area contributed by atoms with Crippen LogP contribution in [0, 0.1) is 0 Å². The van der Waals surface area contributed by atoms with Crippen molar-refractivity contribution in [2.24, 2.45) is 12.8 Å². The van der Waals surface area contributed by atoms with Gasteiger partial charge in [-0.1, -0.05) is 24.6 Å². The number of primary amides is 1.